The number of thioether (sulfide) groups is 1. The highest BCUT2D eigenvalue weighted by Gasteiger charge is 2.06. The third-order valence-corrected chi connectivity index (χ3v) is 3.26. The van der Waals surface area contributed by atoms with Gasteiger partial charge in [0.15, 0.2) is 0 Å². The van der Waals surface area contributed by atoms with E-state index in [1.54, 1.807) is 18.0 Å². The molecule has 0 unspecified atom stereocenters. The van der Waals surface area contributed by atoms with E-state index in [1.807, 2.05) is 37.2 Å². The highest BCUT2D eigenvalue weighted by atomic mass is 32.2. The van der Waals surface area contributed by atoms with E-state index in [2.05, 4.69) is 19.9 Å². The summed E-state index contributed by atoms with van der Waals surface area (Å²) in [6, 6.07) is 5.89. The van der Waals surface area contributed by atoms with Gasteiger partial charge in [0.05, 0.1) is 11.4 Å². The molecule has 2 rings (SSSR count). The first-order chi connectivity index (χ1) is 9.15. The number of rotatable bonds is 5. The zero-order valence-corrected chi connectivity index (χ0v) is 11.8. The Kier molecular flexibility index (Phi) is 4.51. The fourth-order valence-electron chi connectivity index (χ4n) is 1.42. The topological polar surface area (TPSA) is 80.8 Å². The Morgan fingerprint density at radius 3 is 2.68 bits per heavy atom. The maximum Gasteiger partial charge on any atom is 0.229 e. The first-order valence-electron chi connectivity index (χ1n) is 5.80. The maximum absolute atomic E-state index is 5.67. The Labute approximate surface area is 116 Å². The minimum Gasteiger partial charge on any atom is -0.368 e. The smallest absolute Gasteiger partial charge is 0.229 e. The van der Waals surface area contributed by atoms with E-state index in [0.29, 0.717) is 17.5 Å². The van der Waals surface area contributed by atoms with Gasteiger partial charge in [0.1, 0.15) is 5.82 Å². The molecule has 0 aromatic carbocycles. The van der Waals surface area contributed by atoms with Crippen LogP contribution in [0.4, 0.5) is 11.9 Å². The van der Waals surface area contributed by atoms with Crippen LogP contribution >= 0.6 is 11.8 Å². The third-order valence-electron chi connectivity index (χ3n) is 2.29. The molecule has 0 aliphatic heterocycles. The van der Waals surface area contributed by atoms with Crippen molar-refractivity contribution in [2.24, 2.45) is 0 Å². The summed E-state index contributed by atoms with van der Waals surface area (Å²) in [4.78, 5) is 18.6. The molecule has 6 nitrogen and oxygen atoms in total. The van der Waals surface area contributed by atoms with Gasteiger partial charge in [-0.15, -0.1) is 11.8 Å². The summed E-state index contributed by atoms with van der Waals surface area (Å²) < 4.78 is 0. The standard InChI is InChI=1S/C12H16N6S/c1-18(2)12-16-10(15-11(13)17-12)8-19-7-9-5-3-4-6-14-9/h3-6H,7-8H2,1-2H3,(H2,13,15,16,17). The lowest BCUT2D eigenvalue weighted by atomic mass is 10.4. The molecule has 2 aromatic heterocycles. The minimum absolute atomic E-state index is 0.257. The van der Waals surface area contributed by atoms with Crippen molar-refractivity contribution in [2.45, 2.75) is 11.5 Å². The van der Waals surface area contributed by atoms with Crippen molar-refractivity contribution in [3.63, 3.8) is 0 Å². The Bertz CT molecular complexity index is 531. The van der Waals surface area contributed by atoms with Gasteiger partial charge in [0.2, 0.25) is 11.9 Å². The van der Waals surface area contributed by atoms with Crippen molar-refractivity contribution < 1.29 is 0 Å². The lowest BCUT2D eigenvalue weighted by Crippen LogP contribution is -2.15. The van der Waals surface area contributed by atoms with Crippen LogP contribution in [0.5, 0.6) is 0 Å². The van der Waals surface area contributed by atoms with Crippen LogP contribution in [0, 0.1) is 0 Å². The molecule has 0 spiro atoms. The van der Waals surface area contributed by atoms with Gasteiger partial charge in [-0.1, -0.05) is 6.07 Å². The predicted molar refractivity (Wildman–Crippen MR) is 77.8 cm³/mol. The quantitative estimate of drug-likeness (QED) is 0.882. The third kappa shape index (κ3) is 4.06. The molecule has 0 aliphatic rings. The van der Waals surface area contributed by atoms with Gasteiger partial charge in [-0.05, 0) is 12.1 Å². The van der Waals surface area contributed by atoms with Gasteiger partial charge in [0, 0.05) is 26.0 Å². The summed E-state index contributed by atoms with van der Waals surface area (Å²) in [5.74, 6) is 3.04. The molecule has 0 atom stereocenters. The zero-order chi connectivity index (χ0) is 13.7. The normalized spacial score (nSPS) is 10.4. The summed E-state index contributed by atoms with van der Waals surface area (Å²) >= 11 is 1.70. The Morgan fingerprint density at radius 2 is 2.00 bits per heavy atom. The lowest BCUT2D eigenvalue weighted by molar-refractivity contribution is 0.919. The van der Waals surface area contributed by atoms with Gasteiger partial charge in [-0.3, -0.25) is 4.98 Å². The summed E-state index contributed by atoms with van der Waals surface area (Å²) in [6.07, 6.45) is 1.79. The van der Waals surface area contributed by atoms with Gasteiger partial charge in [-0.25, -0.2) is 0 Å². The molecule has 2 aromatic rings. The van der Waals surface area contributed by atoms with Crippen molar-refractivity contribution in [3.05, 3.63) is 35.9 Å². The fourth-order valence-corrected chi connectivity index (χ4v) is 2.21. The molecule has 0 bridgehead atoms. The molecule has 0 fully saturated rings. The number of nitrogen functional groups attached to an aromatic ring is 1. The number of pyridine rings is 1. The SMILES string of the molecule is CN(C)c1nc(N)nc(CSCc2ccccn2)n1. The number of hydrogen-bond acceptors (Lipinski definition) is 7. The summed E-state index contributed by atoms with van der Waals surface area (Å²) in [5, 5.41) is 0. The molecule has 0 amide bonds. The molecular weight excluding hydrogens is 260 g/mol. The first-order valence-corrected chi connectivity index (χ1v) is 6.96. The molecule has 0 radical (unpaired) electrons. The van der Waals surface area contributed by atoms with E-state index in [0.717, 1.165) is 11.4 Å². The van der Waals surface area contributed by atoms with Crippen molar-refractivity contribution in [1.82, 2.24) is 19.9 Å². The van der Waals surface area contributed by atoms with E-state index in [-0.39, 0.29) is 5.95 Å². The van der Waals surface area contributed by atoms with Crippen molar-refractivity contribution in [3.8, 4) is 0 Å². The van der Waals surface area contributed by atoms with Crippen LogP contribution in [-0.4, -0.2) is 34.0 Å². The second-order valence-corrected chi connectivity index (χ2v) is 5.10. The largest absolute Gasteiger partial charge is 0.368 e. The molecule has 7 heteroatoms. The van der Waals surface area contributed by atoms with E-state index >= 15 is 0 Å². The molecule has 0 saturated carbocycles. The van der Waals surface area contributed by atoms with Crippen molar-refractivity contribution >= 4 is 23.7 Å². The van der Waals surface area contributed by atoms with Crippen LogP contribution in [0.25, 0.3) is 0 Å². The van der Waals surface area contributed by atoms with Gasteiger partial charge >= 0.3 is 0 Å². The number of nitrogens with two attached hydrogens (primary N) is 1. The van der Waals surface area contributed by atoms with Crippen LogP contribution in [-0.2, 0) is 11.5 Å². The zero-order valence-electron chi connectivity index (χ0n) is 10.9. The van der Waals surface area contributed by atoms with E-state index in [1.165, 1.54) is 0 Å². The lowest BCUT2D eigenvalue weighted by Gasteiger charge is -2.11. The summed E-state index contributed by atoms with van der Waals surface area (Å²) in [7, 11) is 3.75. The summed E-state index contributed by atoms with van der Waals surface area (Å²) in [6.45, 7) is 0. The van der Waals surface area contributed by atoms with Crippen LogP contribution in [0.2, 0.25) is 0 Å². The summed E-state index contributed by atoms with van der Waals surface area (Å²) in [5.41, 5.74) is 6.71. The molecule has 0 aliphatic carbocycles. The molecule has 0 saturated heterocycles. The monoisotopic (exact) mass is 276 g/mol. The first kappa shape index (κ1) is 13.5. The molecular formula is C12H16N6S. The number of hydrogen-bond donors (Lipinski definition) is 1. The minimum atomic E-state index is 0.257. The molecule has 100 valence electrons. The highest BCUT2D eigenvalue weighted by molar-refractivity contribution is 7.97. The Hall–Kier alpha value is -1.89. The van der Waals surface area contributed by atoms with Crippen molar-refractivity contribution in [2.75, 3.05) is 24.7 Å². The van der Waals surface area contributed by atoms with E-state index in [4.69, 9.17) is 5.73 Å². The van der Waals surface area contributed by atoms with Crippen molar-refractivity contribution in [1.29, 1.82) is 0 Å². The average Bonchev–Trinajstić information content (AvgIpc) is 2.39. The van der Waals surface area contributed by atoms with Gasteiger partial charge in [-0.2, -0.15) is 15.0 Å². The predicted octanol–water partition coefficient (Wildman–Crippen LogP) is 1.35. The Balaban J connectivity index is 1.96. The van der Waals surface area contributed by atoms with E-state index in [9.17, 15) is 0 Å². The second-order valence-electron chi connectivity index (χ2n) is 4.12. The fraction of sp³-hybridized carbons (Fsp3) is 0.333. The van der Waals surface area contributed by atoms with Gasteiger partial charge in [0.25, 0.3) is 0 Å². The van der Waals surface area contributed by atoms with Crippen LogP contribution < -0.4 is 10.6 Å². The molecule has 2 heterocycles. The van der Waals surface area contributed by atoms with Crippen LogP contribution in [0.15, 0.2) is 24.4 Å². The maximum atomic E-state index is 5.67. The second kappa shape index (κ2) is 6.33. The number of aromatic nitrogens is 4. The molecule has 2 N–H and O–H groups in total. The Morgan fingerprint density at radius 1 is 1.16 bits per heavy atom. The number of anilines is 2. The average molecular weight is 276 g/mol. The molecule has 19 heavy (non-hydrogen) atoms. The van der Waals surface area contributed by atoms with Crippen LogP contribution in [0.3, 0.4) is 0 Å². The van der Waals surface area contributed by atoms with E-state index < -0.39 is 0 Å². The van der Waals surface area contributed by atoms with Gasteiger partial charge < -0.3 is 10.6 Å². The van der Waals surface area contributed by atoms with Crippen LogP contribution in [0.1, 0.15) is 11.5 Å². The highest BCUT2D eigenvalue weighted by Crippen LogP contribution is 2.16. The number of nitrogens with zero attached hydrogens (tertiary/aromatic N) is 5.